The molecule has 0 radical (unpaired) electrons. The van der Waals surface area contributed by atoms with E-state index < -0.39 is 0 Å². The minimum absolute atomic E-state index is 0.104. The predicted octanol–water partition coefficient (Wildman–Crippen LogP) is 3.55. The van der Waals surface area contributed by atoms with Crippen molar-refractivity contribution in [3.8, 4) is 0 Å². The molecule has 1 aromatic heterocycles. The molecule has 1 atom stereocenters. The molecule has 4 nitrogen and oxygen atoms in total. The highest BCUT2D eigenvalue weighted by Gasteiger charge is 2.46. The third-order valence-corrected chi connectivity index (χ3v) is 6.78. The van der Waals surface area contributed by atoms with Crippen molar-refractivity contribution in [1.29, 1.82) is 0 Å². The predicted molar refractivity (Wildman–Crippen MR) is 104 cm³/mol. The summed E-state index contributed by atoms with van der Waals surface area (Å²) in [5.74, 6) is 0.534. The summed E-state index contributed by atoms with van der Waals surface area (Å²) in [6.07, 6.45) is 3.52. The Morgan fingerprint density at radius 3 is 2.69 bits per heavy atom. The zero-order valence-electron chi connectivity index (χ0n) is 15.0. The second-order valence-corrected chi connectivity index (χ2v) is 8.23. The van der Waals surface area contributed by atoms with Crippen molar-refractivity contribution in [3.05, 3.63) is 57.8 Å². The van der Waals surface area contributed by atoms with Gasteiger partial charge in [0.1, 0.15) is 0 Å². The van der Waals surface area contributed by atoms with Gasteiger partial charge in [-0.25, -0.2) is 0 Å². The lowest BCUT2D eigenvalue weighted by molar-refractivity contribution is -0.121. The molecule has 0 bridgehead atoms. The van der Waals surface area contributed by atoms with E-state index in [1.807, 2.05) is 21.7 Å². The third-order valence-electron chi connectivity index (χ3n) is 6.10. The smallest absolute Gasteiger partial charge is 0.254 e. The standard InChI is InChI=1S/C21H24N2O2S/c1-22-19(24)12-16-13-21(18-5-3-2-4-17(16)18)7-9-23(10-8-21)20(25)15-6-11-26-14-15/h2-6,11,14,16H,7-10,12-13H2,1H3,(H,22,24)/t16-/m0/s1. The summed E-state index contributed by atoms with van der Waals surface area (Å²) in [4.78, 5) is 26.6. The number of likely N-dealkylation sites (tertiary alicyclic amines) is 1. The fourth-order valence-electron chi connectivity index (χ4n) is 4.72. The first-order valence-corrected chi connectivity index (χ1v) is 10.2. The van der Waals surface area contributed by atoms with Gasteiger partial charge in [-0.2, -0.15) is 11.3 Å². The maximum Gasteiger partial charge on any atom is 0.254 e. The summed E-state index contributed by atoms with van der Waals surface area (Å²) in [6, 6.07) is 10.5. The summed E-state index contributed by atoms with van der Waals surface area (Å²) < 4.78 is 0. The monoisotopic (exact) mass is 368 g/mol. The quantitative estimate of drug-likeness (QED) is 0.901. The number of nitrogens with one attached hydrogen (secondary N) is 1. The Kier molecular flexibility index (Phi) is 4.57. The van der Waals surface area contributed by atoms with Gasteiger partial charge in [0.2, 0.25) is 5.91 Å². The number of amides is 2. The fraction of sp³-hybridized carbons (Fsp3) is 0.429. The minimum Gasteiger partial charge on any atom is -0.359 e. The normalized spacial score (nSPS) is 20.8. The highest BCUT2D eigenvalue weighted by Crippen LogP contribution is 2.52. The van der Waals surface area contributed by atoms with E-state index in [1.165, 1.54) is 11.1 Å². The maximum absolute atomic E-state index is 12.6. The molecule has 4 rings (SSSR count). The molecule has 0 unspecified atom stereocenters. The molecule has 2 amide bonds. The Labute approximate surface area is 158 Å². The average Bonchev–Trinajstić information content (AvgIpc) is 3.30. The van der Waals surface area contributed by atoms with Gasteiger partial charge in [-0.05, 0) is 53.2 Å². The van der Waals surface area contributed by atoms with E-state index >= 15 is 0 Å². The fourth-order valence-corrected chi connectivity index (χ4v) is 5.35. The molecule has 1 spiro atoms. The summed E-state index contributed by atoms with van der Waals surface area (Å²) in [5, 5.41) is 6.64. The SMILES string of the molecule is CNC(=O)C[C@H]1CC2(CCN(C(=O)c3ccsc3)CC2)c2ccccc21. The van der Waals surface area contributed by atoms with Crippen molar-refractivity contribution in [2.24, 2.45) is 0 Å². The Morgan fingerprint density at radius 2 is 2.00 bits per heavy atom. The third kappa shape index (κ3) is 2.94. The van der Waals surface area contributed by atoms with E-state index in [9.17, 15) is 9.59 Å². The molecular weight excluding hydrogens is 344 g/mol. The lowest BCUT2D eigenvalue weighted by Gasteiger charge is -2.40. The molecule has 1 fully saturated rings. The van der Waals surface area contributed by atoms with Crippen molar-refractivity contribution in [3.63, 3.8) is 0 Å². The summed E-state index contributed by atoms with van der Waals surface area (Å²) >= 11 is 1.56. The second kappa shape index (κ2) is 6.88. The second-order valence-electron chi connectivity index (χ2n) is 7.45. The molecule has 1 aromatic carbocycles. The first-order valence-electron chi connectivity index (χ1n) is 9.24. The minimum atomic E-state index is 0.104. The largest absolute Gasteiger partial charge is 0.359 e. The van der Waals surface area contributed by atoms with Gasteiger partial charge in [0.05, 0.1) is 5.56 Å². The van der Waals surface area contributed by atoms with Gasteiger partial charge in [0, 0.05) is 31.9 Å². The first kappa shape index (κ1) is 17.3. The van der Waals surface area contributed by atoms with Crippen molar-refractivity contribution < 1.29 is 9.59 Å². The van der Waals surface area contributed by atoms with Gasteiger partial charge in [0.25, 0.3) is 5.91 Å². The number of rotatable bonds is 3. The molecule has 5 heteroatoms. The number of fused-ring (bicyclic) bond motifs is 2. The Morgan fingerprint density at radius 1 is 1.23 bits per heavy atom. The Balaban J connectivity index is 1.53. The molecule has 1 aliphatic heterocycles. The molecule has 2 heterocycles. The van der Waals surface area contributed by atoms with Crippen LogP contribution in [0.3, 0.4) is 0 Å². The Bertz CT molecular complexity index is 807. The summed E-state index contributed by atoms with van der Waals surface area (Å²) in [6.45, 7) is 1.57. The van der Waals surface area contributed by atoms with E-state index in [0.29, 0.717) is 6.42 Å². The van der Waals surface area contributed by atoms with E-state index in [-0.39, 0.29) is 23.1 Å². The lowest BCUT2D eigenvalue weighted by atomic mass is 9.73. The van der Waals surface area contributed by atoms with Crippen molar-refractivity contribution in [1.82, 2.24) is 10.2 Å². The molecule has 0 saturated carbocycles. The van der Waals surface area contributed by atoms with Gasteiger partial charge < -0.3 is 10.2 Å². The van der Waals surface area contributed by atoms with Crippen LogP contribution in [-0.4, -0.2) is 36.9 Å². The number of benzene rings is 1. The number of carbonyl (C=O) groups is 2. The van der Waals surface area contributed by atoms with Crippen LogP contribution >= 0.6 is 11.3 Å². The first-order chi connectivity index (χ1) is 12.6. The number of thiophene rings is 1. The van der Waals surface area contributed by atoms with Gasteiger partial charge >= 0.3 is 0 Å². The highest BCUT2D eigenvalue weighted by atomic mass is 32.1. The molecule has 1 aliphatic carbocycles. The van der Waals surface area contributed by atoms with E-state index in [4.69, 9.17) is 0 Å². The molecule has 1 N–H and O–H groups in total. The van der Waals surface area contributed by atoms with Crippen LogP contribution in [0, 0.1) is 0 Å². The van der Waals surface area contributed by atoms with E-state index in [0.717, 1.165) is 37.9 Å². The molecule has 2 aliphatic rings. The lowest BCUT2D eigenvalue weighted by Crippen LogP contribution is -2.44. The van der Waals surface area contributed by atoms with Gasteiger partial charge in [-0.3, -0.25) is 9.59 Å². The van der Waals surface area contributed by atoms with Gasteiger partial charge in [-0.15, -0.1) is 0 Å². The van der Waals surface area contributed by atoms with Crippen molar-refractivity contribution in [2.75, 3.05) is 20.1 Å². The number of hydrogen-bond acceptors (Lipinski definition) is 3. The van der Waals surface area contributed by atoms with Gasteiger partial charge in [-0.1, -0.05) is 24.3 Å². The van der Waals surface area contributed by atoms with Crippen molar-refractivity contribution in [2.45, 2.75) is 37.0 Å². The number of piperidine rings is 1. The van der Waals surface area contributed by atoms with Crippen LogP contribution in [-0.2, 0) is 10.2 Å². The highest BCUT2D eigenvalue weighted by molar-refractivity contribution is 7.08. The summed E-state index contributed by atoms with van der Waals surface area (Å²) in [5.41, 5.74) is 3.64. The van der Waals surface area contributed by atoms with E-state index in [1.54, 1.807) is 18.4 Å². The zero-order chi connectivity index (χ0) is 18.1. The van der Waals surface area contributed by atoms with Gasteiger partial charge in [0.15, 0.2) is 0 Å². The van der Waals surface area contributed by atoms with Crippen LogP contribution < -0.4 is 5.32 Å². The van der Waals surface area contributed by atoms with Crippen LogP contribution in [0.15, 0.2) is 41.1 Å². The van der Waals surface area contributed by atoms with Crippen LogP contribution in [0.1, 0.15) is 53.1 Å². The molecule has 1 saturated heterocycles. The number of carbonyl (C=O) groups excluding carboxylic acids is 2. The molecular formula is C21H24N2O2S. The van der Waals surface area contributed by atoms with E-state index in [2.05, 4.69) is 29.6 Å². The summed E-state index contributed by atoms with van der Waals surface area (Å²) in [7, 11) is 1.70. The molecule has 26 heavy (non-hydrogen) atoms. The number of nitrogens with zero attached hydrogens (tertiary/aromatic N) is 1. The zero-order valence-corrected chi connectivity index (χ0v) is 15.8. The van der Waals surface area contributed by atoms with Crippen LogP contribution in [0.2, 0.25) is 0 Å². The maximum atomic E-state index is 12.6. The van der Waals surface area contributed by atoms with Crippen LogP contribution in [0.25, 0.3) is 0 Å². The Hall–Kier alpha value is -2.14. The number of hydrogen-bond donors (Lipinski definition) is 1. The van der Waals surface area contributed by atoms with Crippen LogP contribution in [0.4, 0.5) is 0 Å². The average molecular weight is 369 g/mol. The molecule has 136 valence electrons. The van der Waals surface area contributed by atoms with Crippen LogP contribution in [0.5, 0.6) is 0 Å². The van der Waals surface area contributed by atoms with Crippen molar-refractivity contribution >= 4 is 23.2 Å². The molecule has 2 aromatic rings. The topological polar surface area (TPSA) is 49.4 Å².